The van der Waals surface area contributed by atoms with Crippen LogP contribution in [0.4, 0.5) is 4.79 Å². The van der Waals surface area contributed by atoms with Gasteiger partial charge in [-0.3, -0.25) is 14.5 Å². The van der Waals surface area contributed by atoms with Crippen molar-refractivity contribution in [2.24, 2.45) is 5.92 Å². The highest BCUT2D eigenvalue weighted by atomic mass is 16.5. The molecular formula is C20H29N3O4. The molecule has 7 heteroatoms. The van der Waals surface area contributed by atoms with Crippen molar-refractivity contribution in [2.75, 3.05) is 13.7 Å². The van der Waals surface area contributed by atoms with Crippen LogP contribution in [-0.4, -0.2) is 42.4 Å². The van der Waals surface area contributed by atoms with Crippen molar-refractivity contribution >= 4 is 17.8 Å². The molecule has 0 radical (unpaired) electrons. The predicted molar refractivity (Wildman–Crippen MR) is 102 cm³/mol. The highest BCUT2D eigenvalue weighted by molar-refractivity contribution is 6.09. The molecular weight excluding hydrogens is 346 g/mol. The average molecular weight is 375 g/mol. The summed E-state index contributed by atoms with van der Waals surface area (Å²) in [5.41, 5.74) is -0.567. The van der Waals surface area contributed by atoms with Crippen LogP contribution in [0.3, 0.4) is 0 Å². The number of carbonyl (C=O) groups is 3. The third-order valence-electron chi connectivity index (χ3n) is 4.83. The van der Waals surface area contributed by atoms with Gasteiger partial charge < -0.3 is 15.4 Å². The summed E-state index contributed by atoms with van der Waals surface area (Å²) in [7, 11) is 1.56. The van der Waals surface area contributed by atoms with E-state index in [4.69, 9.17) is 4.74 Å². The normalized spacial score (nSPS) is 20.6. The maximum absolute atomic E-state index is 12.9. The van der Waals surface area contributed by atoms with E-state index >= 15 is 0 Å². The molecule has 0 aromatic heterocycles. The molecule has 1 saturated heterocycles. The van der Waals surface area contributed by atoms with E-state index in [0.29, 0.717) is 17.2 Å². The van der Waals surface area contributed by atoms with E-state index in [9.17, 15) is 14.4 Å². The molecule has 1 aliphatic rings. The summed E-state index contributed by atoms with van der Waals surface area (Å²) in [6.07, 6.45) is 1.85. The first-order valence-corrected chi connectivity index (χ1v) is 9.25. The van der Waals surface area contributed by atoms with Gasteiger partial charge in [0, 0.05) is 6.04 Å². The fourth-order valence-corrected chi connectivity index (χ4v) is 3.08. The van der Waals surface area contributed by atoms with Gasteiger partial charge in [0.15, 0.2) is 0 Å². The number of carbonyl (C=O) groups excluding carboxylic acids is 3. The van der Waals surface area contributed by atoms with Gasteiger partial charge in [-0.25, -0.2) is 4.79 Å². The molecule has 2 rings (SSSR count). The van der Waals surface area contributed by atoms with E-state index in [0.717, 1.165) is 17.7 Å². The number of nitrogens with zero attached hydrogens (tertiary/aromatic N) is 1. The molecule has 27 heavy (non-hydrogen) atoms. The molecule has 0 saturated carbocycles. The molecule has 1 fully saturated rings. The minimum absolute atomic E-state index is 0.00589. The molecule has 2 N–H and O–H groups in total. The van der Waals surface area contributed by atoms with Crippen LogP contribution in [0, 0.1) is 5.92 Å². The molecule has 1 aliphatic heterocycles. The van der Waals surface area contributed by atoms with E-state index < -0.39 is 17.5 Å². The zero-order valence-electron chi connectivity index (χ0n) is 16.7. The molecule has 1 aromatic rings. The number of methoxy groups -OCH3 is 1. The maximum Gasteiger partial charge on any atom is 0.325 e. The first-order chi connectivity index (χ1) is 12.7. The van der Waals surface area contributed by atoms with Crippen LogP contribution in [0.2, 0.25) is 0 Å². The monoisotopic (exact) mass is 375 g/mol. The number of hydrogen-bond donors (Lipinski definition) is 2. The van der Waals surface area contributed by atoms with E-state index in [-0.39, 0.29) is 18.5 Å². The second kappa shape index (κ2) is 8.41. The Morgan fingerprint density at radius 3 is 2.37 bits per heavy atom. The summed E-state index contributed by atoms with van der Waals surface area (Å²) in [4.78, 5) is 38.4. The molecule has 7 nitrogen and oxygen atoms in total. The Bertz CT molecular complexity index is 702. The lowest BCUT2D eigenvalue weighted by atomic mass is 9.92. The number of hydrogen-bond acceptors (Lipinski definition) is 4. The van der Waals surface area contributed by atoms with Crippen LogP contribution < -0.4 is 15.4 Å². The minimum Gasteiger partial charge on any atom is -0.497 e. The Kier molecular flexibility index (Phi) is 6.46. The highest BCUT2D eigenvalue weighted by Crippen LogP contribution is 2.29. The molecule has 148 valence electrons. The summed E-state index contributed by atoms with van der Waals surface area (Å²) in [6.45, 7) is 7.53. The van der Waals surface area contributed by atoms with Crippen molar-refractivity contribution in [2.45, 2.75) is 52.1 Å². The summed E-state index contributed by atoms with van der Waals surface area (Å²) >= 11 is 0. The van der Waals surface area contributed by atoms with Gasteiger partial charge >= 0.3 is 6.03 Å². The lowest BCUT2D eigenvalue weighted by Gasteiger charge is -2.22. The van der Waals surface area contributed by atoms with E-state index in [1.54, 1.807) is 38.3 Å². The van der Waals surface area contributed by atoms with Crippen LogP contribution in [0.25, 0.3) is 0 Å². The van der Waals surface area contributed by atoms with Crippen LogP contribution in [0.15, 0.2) is 24.3 Å². The lowest BCUT2D eigenvalue weighted by molar-refractivity contribution is -0.135. The van der Waals surface area contributed by atoms with E-state index in [1.807, 2.05) is 6.92 Å². The van der Waals surface area contributed by atoms with Gasteiger partial charge in [0.2, 0.25) is 5.91 Å². The number of benzene rings is 1. The van der Waals surface area contributed by atoms with E-state index in [2.05, 4.69) is 24.5 Å². The zero-order chi connectivity index (χ0) is 20.2. The second-order valence-corrected chi connectivity index (χ2v) is 7.61. The summed E-state index contributed by atoms with van der Waals surface area (Å²) in [5, 5.41) is 5.56. The highest BCUT2D eigenvalue weighted by Gasteiger charge is 2.49. The molecule has 2 atom stereocenters. The van der Waals surface area contributed by atoms with Crippen molar-refractivity contribution in [3.63, 3.8) is 0 Å². The van der Waals surface area contributed by atoms with Gasteiger partial charge in [0.05, 0.1) is 7.11 Å². The molecule has 4 amide bonds. The fraction of sp³-hybridized carbons (Fsp3) is 0.550. The van der Waals surface area contributed by atoms with Gasteiger partial charge in [0.25, 0.3) is 5.91 Å². The predicted octanol–water partition coefficient (Wildman–Crippen LogP) is 2.40. The van der Waals surface area contributed by atoms with Gasteiger partial charge in [-0.05, 0) is 50.3 Å². The van der Waals surface area contributed by atoms with Crippen molar-refractivity contribution in [1.29, 1.82) is 0 Å². The second-order valence-electron chi connectivity index (χ2n) is 7.61. The zero-order valence-corrected chi connectivity index (χ0v) is 16.7. The van der Waals surface area contributed by atoms with Crippen molar-refractivity contribution < 1.29 is 19.1 Å². The lowest BCUT2D eigenvalue weighted by Crippen LogP contribution is -2.45. The molecule has 0 bridgehead atoms. The smallest absolute Gasteiger partial charge is 0.325 e. The van der Waals surface area contributed by atoms with Crippen LogP contribution >= 0.6 is 0 Å². The Labute approximate surface area is 160 Å². The van der Waals surface area contributed by atoms with Crippen LogP contribution in [0.5, 0.6) is 5.75 Å². The standard InChI is InChI=1S/C20H29N3O4/c1-13(2)6-7-14(3)21-17(24)12-23-18(25)20(4,22-19(23)26)15-8-10-16(27-5)11-9-15/h8-11,13-14H,6-7,12H2,1-5H3,(H,21,24)(H,22,26)/t14-,20-/m0/s1. The Morgan fingerprint density at radius 1 is 1.19 bits per heavy atom. The summed E-state index contributed by atoms with van der Waals surface area (Å²) in [5.74, 6) is 0.433. The van der Waals surface area contributed by atoms with Gasteiger partial charge in [-0.15, -0.1) is 0 Å². The van der Waals surface area contributed by atoms with Gasteiger partial charge in [0.1, 0.15) is 17.8 Å². The average Bonchev–Trinajstić information content (AvgIpc) is 2.84. The molecule has 0 spiro atoms. The first kappa shape index (κ1) is 20.7. The first-order valence-electron chi connectivity index (χ1n) is 9.25. The number of ether oxygens (including phenoxy) is 1. The third-order valence-corrected chi connectivity index (χ3v) is 4.83. The largest absolute Gasteiger partial charge is 0.497 e. The Hall–Kier alpha value is -2.57. The topological polar surface area (TPSA) is 87.7 Å². The summed E-state index contributed by atoms with van der Waals surface area (Å²) < 4.78 is 5.12. The number of amides is 4. The third kappa shape index (κ3) is 4.78. The van der Waals surface area contributed by atoms with Gasteiger partial charge in [-0.1, -0.05) is 26.0 Å². The van der Waals surface area contributed by atoms with E-state index in [1.165, 1.54) is 0 Å². The molecule has 0 unspecified atom stereocenters. The van der Waals surface area contributed by atoms with Crippen LogP contribution in [0.1, 0.15) is 46.1 Å². The summed E-state index contributed by atoms with van der Waals surface area (Å²) in [6, 6.07) is 6.35. The molecule has 1 heterocycles. The van der Waals surface area contributed by atoms with Crippen LogP contribution in [-0.2, 0) is 15.1 Å². The Balaban J connectivity index is 2.03. The number of urea groups is 1. The SMILES string of the molecule is COc1ccc([C@]2(C)NC(=O)N(CC(=O)N[C@@H](C)CCC(C)C)C2=O)cc1. The molecule has 1 aromatic carbocycles. The number of imide groups is 1. The Morgan fingerprint density at radius 2 is 1.81 bits per heavy atom. The maximum atomic E-state index is 12.9. The van der Waals surface area contributed by atoms with Gasteiger partial charge in [-0.2, -0.15) is 0 Å². The number of rotatable bonds is 8. The fourth-order valence-electron chi connectivity index (χ4n) is 3.08. The minimum atomic E-state index is -1.20. The van der Waals surface area contributed by atoms with Crippen molar-refractivity contribution in [3.8, 4) is 5.75 Å². The number of nitrogens with one attached hydrogen (secondary N) is 2. The van der Waals surface area contributed by atoms with Crippen molar-refractivity contribution in [3.05, 3.63) is 29.8 Å². The quantitative estimate of drug-likeness (QED) is 0.683. The van der Waals surface area contributed by atoms with Crippen molar-refractivity contribution in [1.82, 2.24) is 15.5 Å². The molecule has 0 aliphatic carbocycles.